The lowest BCUT2D eigenvalue weighted by molar-refractivity contribution is -0.385. The molecule has 10 nitrogen and oxygen atoms in total. The lowest BCUT2D eigenvalue weighted by Gasteiger charge is -2.07. The number of aromatic amines is 1. The van der Waals surface area contributed by atoms with E-state index in [0.29, 0.717) is 11.3 Å². The predicted molar refractivity (Wildman–Crippen MR) is 105 cm³/mol. The van der Waals surface area contributed by atoms with Crippen molar-refractivity contribution in [2.45, 2.75) is 27.7 Å². The van der Waals surface area contributed by atoms with Gasteiger partial charge < -0.3 is 19.2 Å². The second kappa shape index (κ2) is 9.68. The van der Waals surface area contributed by atoms with Crippen LogP contribution in [0.4, 0.5) is 5.69 Å². The number of nitrogens with zero attached hydrogens (tertiary/aromatic N) is 1. The normalized spacial score (nSPS) is 10.4. The van der Waals surface area contributed by atoms with Gasteiger partial charge in [0.05, 0.1) is 35.0 Å². The van der Waals surface area contributed by atoms with Crippen LogP contribution in [0.3, 0.4) is 0 Å². The van der Waals surface area contributed by atoms with Gasteiger partial charge in [-0.15, -0.1) is 0 Å². The lowest BCUT2D eigenvalue weighted by atomic mass is 10.1. The molecule has 1 aromatic heterocycles. The largest absolute Gasteiger partial charge is 0.487 e. The summed E-state index contributed by atoms with van der Waals surface area (Å²) in [6.45, 7) is 6.37. The molecule has 0 aliphatic rings. The summed E-state index contributed by atoms with van der Waals surface area (Å²) in [7, 11) is 0. The van der Waals surface area contributed by atoms with Crippen molar-refractivity contribution in [3.8, 4) is 5.75 Å². The first-order valence-electron chi connectivity index (χ1n) is 9.19. The van der Waals surface area contributed by atoms with Crippen LogP contribution in [-0.4, -0.2) is 47.4 Å². The van der Waals surface area contributed by atoms with Crippen molar-refractivity contribution in [2.24, 2.45) is 0 Å². The Morgan fingerprint density at radius 1 is 1.07 bits per heavy atom. The van der Waals surface area contributed by atoms with E-state index in [1.54, 1.807) is 27.7 Å². The number of ether oxygens (including phenoxy) is 3. The summed E-state index contributed by atoms with van der Waals surface area (Å²) in [5.41, 5.74) is 0.762. The average Bonchev–Trinajstić information content (AvgIpc) is 3.00. The van der Waals surface area contributed by atoms with Gasteiger partial charge in [-0.1, -0.05) is 0 Å². The molecule has 2 aromatic rings. The van der Waals surface area contributed by atoms with Crippen molar-refractivity contribution in [3.05, 3.63) is 56.4 Å². The number of H-pyrrole nitrogens is 1. The minimum absolute atomic E-state index is 0.0270. The van der Waals surface area contributed by atoms with Gasteiger partial charge in [0, 0.05) is 11.8 Å². The summed E-state index contributed by atoms with van der Waals surface area (Å²) >= 11 is 0. The Morgan fingerprint density at radius 2 is 1.77 bits per heavy atom. The zero-order valence-electron chi connectivity index (χ0n) is 17.1. The standard InChI is InChI=1S/C20H22N2O8/c1-5-28-16-8-7-13(9-14(16)22(26)27)19(24)30-10-15(23)18-11(3)17(12(4)21-18)20(25)29-6-2/h7-9,21H,5-6,10H2,1-4H3. The minimum atomic E-state index is -0.902. The number of nitro groups is 1. The number of ketones is 1. The first-order valence-corrected chi connectivity index (χ1v) is 9.19. The highest BCUT2D eigenvalue weighted by atomic mass is 16.6. The maximum absolute atomic E-state index is 12.5. The Hall–Kier alpha value is -3.69. The number of hydrogen-bond acceptors (Lipinski definition) is 8. The third-order valence-electron chi connectivity index (χ3n) is 4.22. The Balaban J connectivity index is 2.14. The maximum atomic E-state index is 12.5. The van der Waals surface area contributed by atoms with Gasteiger partial charge in [-0.3, -0.25) is 14.9 Å². The molecule has 10 heteroatoms. The van der Waals surface area contributed by atoms with Crippen molar-refractivity contribution >= 4 is 23.4 Å². The first kappa shape index (κ1) is 22.6. The molecule has 0 aliphatic heterocycles. The van der Waals surface area contributed by atoms with Crippen LogP contribution in [-0.2, 0) is 9.47 Å². The van der Waals surface area contributed by atoms with E-state index in [1.807, 2.05) is 0 Å². The molecular formula is C20H22N2O8. The number of nitrogens with one attached hydrogen (secondary N) is 1. The Labute approximate surface area is 172 Å². The number of aryl methyl sites for hydroxylation is 1. The van der Waals surface area contributed by atoms with E-state index in [0.717, 1.165) is 6.07 Å². The van der Waals surface area contributed by atoms with Crippen LogP contribution in [0, 0.1) is 24.0 Å². The molecule has 1 heterocycles. The number of esters is 2. The molecule has 0 fully saturated rings. The fraction of sp³-hybridized carbons (Fsp3) is 0.350. The SMILES string of the molecule is CCOC(=O)c1c(C)[nH]c(C(=O)COC(=O)c2ccc(OCC)c([N+](=O)[O-])c2)c1C. The van der Waals surface area contributed by atoms with Gasteiger partial charge >= 0.3 is 17.6 Å². The number of aromatic nitrogens is 1. The number of carbonyl (C=O) groups excluding carboxylic acids is 3. The number of nitro benzene ring substituents is 1. The maximum Gasteiger partial charge on any atom is 0.340 e. The second-order valence-corrected chi connectivity index (χ2v) is 6.22. The second-order valence-electron chi connectivity index (χ2n) is 6.22. The van der Waals surface area contributed by atoms with E-state index >= 15 is 0 Å². The van der Waals surface area contributed by atoms with Crippen molar-refractivity contribution in [3.63, 3.8) is 0 Å². The Bertz CT molecular complexity index is 993. The molecule has 2 rings (SSSR count). The zero-order chi connectivity index (χ0) is 22.4. The zero-order valence-corrected chi connectivity index (χ0v) is 17.1. The van der Waals surface area contributed by atoms with Gasteiger partial charge in [-0.2, -0.15) is 0 Å². The molecule has 0 amide bonds. The number of rotatable bonds is 9. The number of benzene rings is 1. The molecule has 0 radical (unpaired) electrons. The third-order valence-corrected chi connectivity index (χ3v) is 4.22. The molecule has 0 saturated heterocycles. The van der Waals surface area contributed by atoms with Crippen molar-refractivity contribution < 1.29 is 33.5 Å². The molecule has 0 saturated carbocycles. The van der Waals surface area contributed by atoms with E-state index in [4.69, 9.17) is 14.2 Å². The molecular weight excluding hydrogens is 396 g/mol. The predicted octanol–water partition coefficient (Wildman–Crippen LogP) is 3.15. The molecule has 1 N–H and O–H groups in total. The van der Waals surface area contributed by atoms with Crippen molar-refractivity contribution in [2.75, 3.05) is 19.8 Å². The van der Waals surface area contributed by atoms with Crippen molar-refractivity contribution in [1.29, 1.82) is 0 Å². The van der Waals surface area contributed by atoms with Crippen LogP contribution in [0.2, 0.25) is 0 Å². The summed E-state index contributed by atoms with van der Waals surface area (Å²) in [5.74, 6) is -1.98. The van der Waals surface area contributed by atoms with Crippen LogP contribution in [0.15, 0.2) is 18.2 Å². The number of hydrogen-bond donors (Lipinski definition) is 1. The molecule has 0 aliphatic carbocycles. The van der Waals surface area contributed by atoms with Gasteiger partial charge in [0.15, 0.2) is 12.4 Å². The minimum Gasteiger partial charge on any atom is -0.487 e. The van der Waals surface area contributed by atoms with Crippen LogP contribution in [0.25, 0.3) is 0 Å². The highest BCUT2D eigenvalue weighted by molar-refractivity contribution is 6.03. The Kier molecular flexibility index (Phi) is 7.29. The van der Waals surface area contributed by atoms with Crippen LogP contribution in [0.1, 0.15) is 56.3 Å². The van der Waals surface area contributed by atoms with Gasteiger partial charge in [0.2, 0.25) is 5.78 Å². The van der Waals surface area contributed by atoms with Gasteiger partial charge in [0.1, 0.15) is 0 Å². The van der Waals surface area contributed by atoms with Crippen LogP contribution in [0.5, 0.6) is 5.75 Å². The van der Waals surface area contributed by atoms with Crippen LogP contribution < -0.4 is 4.74 Å². The van der Waals surface area contributed by atoms with E-state index in [1.165, 1.54) is 12.1 Å². The fourth-order valence-electron chi connectivity index (χ4n) is 2.89. The monoisotopic (exact) mass is 418 g/mol. The van der Waals surface area contributed by atoms with Gasteiger partial charge in [-0.25, -0.2) is 9.59 Å². The van der Waals surface area contributed by atoms with Gasteiger partial charge in [-0.05, 0) is 45.4 Å². The summed E-state index contributed by atoms with van der Waals surface area (Å²) in [5, 5.41) is 11.2. The molecule has 0 bridgehead atoms. The number of Topliss-reactive ketones (excluding diaryl/α,β-unsaturated/α-hetero) is 1. The molecule has 1 aromatic carbocycles. The third kappa shape index (κ3) is 4.83. The lowest BCUT2D eigenvalue weighted by Crippen LogP contribution is -2.16. The number of carbonyl (C=O) groups is 3. The van der Waals surface area contributed by atoms with Crippen LogP contribution >= 0.6 is 0 Å². The van der Waals surface area contributed by atoms with E-state index in [9.17, 15) is 24.5 Å². The topological polar surface area (TPSA) is 138 Å². The summed E-state index contributed by atoms with van der Waals surface area (Å²) < 4.78 is 15.1. The quantitative estimate of drug-likeness (QED) is 0.284. The summed E-state index contributed by atoms with van der Waals surface area (Å²) in [4.78, 5) is 50.1. The molecule has 160 valence electrons. The summed E-state index contributed by atoms with van der Waals surface area (Å²) in [6, 6.07) is 3.64. The molecule has 0 unspecified atom stereocenters. The van der Waals surface area contributed by atoms with E-state index in [-0.39, 0.29) is 41.5 Å². The average molecular weight is 418 g/mol. The molecule has 0 atom stereocenters. The van der Waals surface area contributed by atoms with Gasteiger partial charge in [0.25, 0.3) is 0 Å². The van der Waals surface area contributed by atoms with E-state index < -0.39 is 29.3 Å². The highest BCUT2D eigenvalue weighted by Crippen LogP contribution is 2.28. The highest BCUT2D eigenvalue weighted by Gasteiger charge is 2.24. The first-order chi connectivity index (χ1) is 14.2. The smallest absolute Gasteiger partial charge is 0.340 e. The van der Waals surface area contributed by atoms with E-state index in [2.05, 4.69) is 4.98 Å². The summed E-state index contributed by atoms with van der Waals surface area (Å²) in [6.07, 6.45) is 0. The van der Waals surface area contributed by atoms with Crippen molar-refractivity contribution in [1.82, 2.24) is 4.98 Å². The Morgan fingerprint density at radius 3 is 2.37 bits per heavy atom. The molecule has 0 spiro atoms. The molecule has 30 heavy (non-hydrogen) atoms. The fourth-order valence-corrected chi connectivity index (χ4v) is 2.89.